The highest BCUT2D eigenvalue weighted by Gasteiger charge is 2.56. The monoisotopic (exact) mass is 411 g/mol. The second-order valence-corrected chi connectivity index (χ2v) is 6.71. The van der Waals surface area contributed by atoms with Crippen molar-refractivity contribution in [2.75, 3.05) is 0 Å². The van der Waals surface area contributed by atoms with E-state index in [4.69, 9.17) is 5.26 Å². The number of nitrogens with zero attached hydrogens (tertiary/aromatic N) is 3. The molecule has 0 aliphatic carbocycles. The standard InChI is InChI=1S/C22H13F4N3O/c23-18-5-7-19(8-6-18)29-20-9-4-17(11-15(20)13-28-29)21(30,22(24,25)26)16-3-1-2-14(10-16)12-27/h1-11,13,30H. The van der Waals surface area contributed by atoms with Crippen LogP contribution in [0, 0.1) is 17.1 Å². The molecule has 0 bridgehead atoms. The second-order valence-electron chi connectivity index (χ2n) is 6.71. The van der Waals surface area contributed by atoms with Crippen LogP contribution in [0.4, 0.5) is 17.6 Å². The normalized spacial score (nSPS) is 13.7. The fourth-order valence-corrected chi connectivity index (χ4v) is 3.35. The number of rotatable bonds is 3. The van der Waals surface area contributed by atoms with Crippen molar-refractivity contribution in [1.29, 1.82) is 5.26 Å². The van der Waals surface area contributed by atoms with Crippen LogP contribution in [-0.4, -0.2) is 21.1 Å². The summed E-state index contributed by atoms with van der Waals surface area (Å²) < 4.78 is 56.7. The van der Waals surface area contributed by atoms with Crippen LogP contribution >= 0.6 is 0 Å². The highest BCUT2D eigenvalue weighted by molar-refractivity contribution is 5.81. The Kier molecular flexibility index (Phi) is 4.56. The van der Waals surface area contributed by atoms with Gasteiger partial charge in [0.25, 0.3) is 0 Å². The summed E-state index contributed by atoms with van der Waals surface area (Å²) in [6.07, 6.45) is -3.67. The molecule has 150 valence electrons. The zero-order valence-electron chi connectivity index (χ0n) is 15.2. The third kappa shape index (κ3) is 3.09. The molecule has 0 aliphatic rings. The average molecular weight is 411 g/mol. The van der Waals surface area contributed by atoms with Crippen LogP contribution in [0.5, 0.6) is 0 Å². The number of halogens is 4. The molecule has 8 heteroatoms. The van der Waals surface area contributed by atoms with Gasteiger partial charge in [-0.3, -0.25) is 0 Å². The first-order valence-corrected chi connectivity index (χ1v) is 8.78. The van der Waals surface area contributed by atoms with Crippen LogP contribution in [0.25, 0.3) is 16.6 Å². The van der Waals surface area contributed by atoms with Crippen molar-refractivity contribution in [2.45, 2.75) is 11.8 Å². The van der Waals surface area contributed by atoms with Crippen molar-refractivity contribution in [3.05, 3.63) is 95.4 Å². The van der Waals surface area contributed by atoms with Gasteiger partial charge in [0.2, 0.25) is 5.60 Å². The predicted octanol–water partition coefficient (Wildman–Crippen LogP) is 4.83. The number of hydrogen-bond acceptors (Lipinski definition) is 3. The molecule has 0 spiro atoms. The molecule has 4 rings (SSSR count). The lowest BCUT2D eigenvalue weighted by atomic mass is 9.84. The number of benzene rings is 3. The first-order valence-electron chi connectivity index (χ1n) is 8.78. The summed E-state index contributed by atoms with van der Waals surface area (Å²) in [4.78, 5) is 0. The minimum absolute atomic E-state index is 0.000354. The van der Waals surface area contributed by atoms with Gasteiger partial charge < -0.3 is 5.11 Å². The van der Waals surface area contributed by atoms with E-state index in [0.29, 0.717) is 16.6 Å². The molecule has 1 heterocycles. The molecule has 1 N–H and O–H groups in total. The van der Waals surface area contributed by atoms with Gasteiger partial charge in [-0.2, -0.15) is 23.5 Å². The molecule has 4 nitrogen and oxygen atoms in total. The summed E-state index contributed by atoms with van der Waals surface area (Å²) in [7, 11) is 0. The first-order chi connectivity index (χ1) is 14.2. The summed E-state index contributed by atoms with van der Waals surface area (Å²) in [6, 6.07) is 15.8. The SMILES string of the molecule is N#Cc1cccc(C(O)(c2ccc3c(cnn3-c3ccc(F)cc3)c2)C(F)(F)F)c1. The zero-order chi connectivity index (χ0) is 21.5. The van der Waals surface area contributed by atoms with E-state index in [0.717, 1.165) is 18.2 Å². The Morgan fingerprint density at radius 2 is 1.63 bits per heavy atom. The molecule has 0 radical (unpaired) electrons. The molecule has 3 aromatic carbocycles. The highest BCUT2D eigenvalue weighted by atomic mass is 19.4. The Bertz CT molecular complexity index is 1270. The lowest BCUT2D eigenvalue weighted by molar-refractivity contribution is -0.248. The van der Waals surface area contributed by atoms with E-state index in [1.165, 1.54) is 59.4 Å². The van der Waals surface area contributed by atoms with E-state index < -0.39 is 28.7 Å². The van der Waals surface area contributed by atoms with Crippen LogP contribution in [0.3, 0.4) is 0 Å². The van der Waals surface area contributed by atoms with Crippen LogP contribution < -0.4 is 0 Å². The third-order valence-electron chi connectivity index (χ3n) is 4.88. The number of aromatic nitrogens is 2. The van der Waals surface area contributed by atoms with Gasteiger partial charge in [0.05, 0.1) is 29.0 Å². The van der Waals surface area contributed by atoms with Crippen molar-refractivity contribution < 1.29 is 22.7 Å². The molecule has 30 heavy (non-hydrogen) atoms. The van der Waals surface area contributed by atoms with Crippen molar-refractivity contribution in [2.24, 2.45) is 0 Å². The summed E-state index contributed by atoms with van der Waals surface area (Å²) in [6.45, 7) is 0. The molecule has 1 atom stereocenters. The van der Waals surface area contributed by atoms with Crippen molar-refractivity contribution in [3.8, 4) is 11.8 Å². The number of aliphatic hydroxyl groups is 1. The van der Waals surface area contributed by atoms with Crippen molar-refractivity contribution in [3.63, 3.8) is 0 Å². The summed E-state index contributed by atoms with van der Waals surface area (Å²) in [5, 5.41) is 24.4. The molecule has 0 fully saturated rings. The minimum atomic E-state index is -5.04. The van der Waals surface area contributed by atoms with Gasteiger partial charge in [0, 0.05) is 5.39 Å². The Labute approximate surface area is 168 Å². The van der Waals surface area contributed by atoms with E-state index in [9.17, 15) is 22.7 Å². The summed E-state index contributed by atoms with van der Waals surface area (Å²) in [5.74, 6) is -0.424. The predicted molar refractivity (Wildman–Crippen MR) is 101 cm³/mol. The molecule has 0 saturated heterocycles. The first kappa shape index (κ1) is 19.6. The van der Waals surface area contributed by atoms with Gasteiger partial charge in [0.15, 0.2) is 0 Å². The van der Waals surface area contributed by atoms with Gasteiger partial charge in [-0.1, -0.05) is 18.2 Å². The number of nitriles is 1. The zero-order valence-corrected chi connectivity index (χ0v) is 15.2. The molecule has 0 aliphatic heterocycles. The van der Waals surface area contributed by atoms with Gasteiger partial charge >= 0.3 is 6.18 Å². The third-order valence-corrected chi connectivity index (χ3v) is 4.88. The maximum absolute atomic E-state index is 14.0. The molecule has 0 saturated carbocycles. The molecule has 4 aromatic rings. The fraction of sp³-hybridized carbons (Fsp3) is 0.0909. The maximum Gasteiger partial charge on any atom is 0.425 e. The largest absolute Gasteiger partial charge is 0.425 e. The highest BCUT2D eigenvalue weighted by Crippen LogP contribution is 2.45. The maximum atomic E-state index is 14.0. The number of alkyl halides is 3. The molecular formula is C22H13F4N3O. The van der Waals surface area contributed by atoms with Gasteiger partial charge in [-0.25, -0.2) is 9.07 Å². The quantitative estimate of drug-likeness (QED) is 0.491. The van der Waals surface area contributed by atoms with Crippen molar-refractivity contribution in [1.82, 2.24) is 9.78 Å². The molecule has 1 unspecified atom stereocenters. The van der Waals surface area contributed by atoms with Crippen LogP contribution in [0.15, 0.2) is 72.9 Å². The van der Waals surface area contributed by atoms with Gasteiger partial charge in [-0.15, -0.1) is 0 Å². The minimum Gasteiger partial charge on any atom is -0.372 e. The molecular weight excluding hydrogens is 398 g/mol. The summed E-state index contributed by atoms with van der Waals surface area (Å²) >= 11 is 0. The van der Waals surface area contributed by atoms with Crippen LogP contribution in [0.2, 0.25) is 0 Å². The Morgan fingerprint density at radius 3 is 2.30 bits per heavy atom. The topological polar surface area (TPSA) is 61.8 Å². The van der Waals surface area contributed by atoms with Crippen molar-refractivity contribution >= 4 is 10.9 Å². The lowest BCUT2D eigenvalue weighted by Crippen LogP contribution is -2.43. The smallest absolute Gasteiger partial charge is 0.372 e. The summed E-state index contributed by atoms with van der Waals surface area (Å²) in [5.41, 5.74) is -3.16. The second kappa shape index (κ2) is 6.97. The fourth-order valence-electron chi connectivity index (χ4n) is 3.35. The van der Waals surface area contributed by atoms with E-state index in [1.54, 1.807) is 6.07 Å². The average Bonchev–Trinajstić information content (AvgIpc) is 3.16. The molecule has 1 aromatic heterocycles. The van der Waals surface area contributed by atoms with Gasteiger partial charge in [0.1, 0.15) is 5.82 Å². The van der Waals surface area contributed by atoms with E-state index in [-0.39, 0.29) is 5.56 Å². The van der Waals surface area contributed by atoms with Crippen LogP contribution in [0.1, 0.15) is 16.7 Å². The van der Waals surface area contributed by atoms with Crippen LogP contribution in [-0.2, 0) is 5.60 Å². The number of fused-ring (bicyclic) bond motifs is 1. The van der Waals surface area contributed by atoms with Gasteiger partial charge in [-0.05, 0) is 59.7 Å². The van der Waals surface area contributed by atoms with E-state index in [1.807, 2.05) is 0 Å². The Morgan fingerprint density at radius 1 is 0.933 bits per heavy atom. The lowest BCUT2D eigenvalue weighted by Gasteiger charge is -2.31. The van der Waals surface area contributed by atoms with E-state index >= 15 is 0 Å². The Balaban J connectivity index is 1.87. The Hall–Kier alpha value is -3.70. The molecule has 0 amide bonds. The van der Waals surface area contributed by atoms with E-state index in [2.05, 4.69) is 5.10 Å². The number of hydrogen-bond donors (Lipinski definition) is 1.